The van der Waals surface area contributed by atoms with Gasteiger partial charge in [0.1, 0.15) is 0 Å². The van der Waals surface area contributed by atoms with Gasteiger partial charge >= 0.3 is 6.03 Å². The zero-order valence-electron chi connectivity index (χ0n) is 13.7. The van der Waals surface area contributed by atoms with Crippen molar-refractivity contribution < 1.29 is 9.59 Å². The van der Waals surface area contributed by atoms with Crippen LogP contribution in [0.3, 0.4) is 0 Å². The highest BCUT2D eigenvalue weighted by molar-refractivity contribution is 8.14. The Hall–Kier alpha value is -1.49. The molecule has 1 aromatic carbocycles. The molecule has 2 unspecified atom stereocenters. The Kier molecular flexibility index (Phi) is 4.95. The number of carbonyl (C=O) groups excluding carboxylic acids is 2. The van der Waals surface area contributed by atoms with E-state index in [2.05, 4.69) is 11.4 Å². The minimum Gasteiger partial charge on any atom is -0.335 e. The van der Waals surface area contributed by atoms with Crippen molar-refractivity contribution in [3.8, 4) is 0 Å². The van der Waals surface area contributed by atoms with Gasteiger partial charge in [0.05, 0.1) is 11.3 Å². The lowest BCUT2D eigenvalue weighted by Gasteiger charge is -2.27. The molecule has 3 amide bonds. The molecule has 0 aromatic heterocycles. The van der Waals surface area contributed by atoms with E-state index in [4.69, 9.17) is 0 Å². The van der Waals surface area contributed by atoms with Crippen molar-refractivity contribution in [1.82, 2.24) is 10.2 Å². The van der Waals surface area contributed by atoms with Gasteiger partial charge in [-0.05, 0) is 32.3 Å². The summed E-state index contributed by atoms with van der Waals surface area (Å²) in [6.45, 7) is 4.01. The highest BCUT2D eigenvalue weighted by Crippen LogP contribution is 2.43. The predicted octanol–water partition coefficient (Wildman–Crippen LogP) is 4.64. The second kappa shape index (κ2) is 6.95. The summed E-state index contributed by atoms with van der Waals surface area (Å²) in [5.41, 5.74) is 2.29. The third-order valence-corrected chi connectivity index (χ3v) is 6.11. The van der Waals surface area contributed by atoms with E-state index in [1.807, 2.05) is 32.0 Å². The summed E-state index contributed by atoms with van der Waals surface area (Å²) < 4.78 is 0. The molecule has 1 saturated carbocycles. The summed E-state index contributed by atoms with van der Waals surface area (Å²) in [4.78, 5) is 26.3. The first-order chi connectivity index (χ1) is 11.1. The van der Waals surface area contributed by atoms with Crippen molar-refractivity contribution in [2.75, 3.05) is 0 Å². The molecule has 0 spiro atoms. The number of aryl methyl sites for hydroxylation is 1. The minimum atomic E-state index is -0.225. The van der Waals surface area contributed by atoms with E-state index in [0.717, 1.165) is 31.2 Å². The maximum absolute atomic E-state index is 12.6. The van der Waals surface area contributed by atoms with E-state index >= 15 is 0 Å². The fraction of sp³-hybridized carbons (Fsp3) is 0.556. The van der Waals surface area contributed by atoms with Gasteiger partial charge in [-0.2, -0.15) is 0 Å². The summed E-state index contributed by atoms with van der Waals surface area (Å²) in [7, 11) is 0. The molecule has 1 aliphatic heterocycles. The van der Waals surface area contributed by atoms with Gasteiger partial charge in [-0.3, -0.25) is 9.69 Å². The molecule has 2 atom stereocenters. The highest BCUT2D eigenvalue weighted by Gasteiger charge is 2.42. The smallest absolute Gasteiger partial charge is 0.325 e. The van der Waals surface area contributed by atoms with Crippen LogP contribution in [0.5, 0.6) is 0 Å². The minimum absolute atomic E-state index is 0.0134. The van der Waals surface area contributed by atoms with Gasteiger partial charge in [-0.1, -0.05) is 60.9 Å². The maximum Gasteiger partial charge on any atom is 0.325 e. The molecule has 2 fully saturated rings. The van der Waals surface area contributed by atoms with Gasteiger partial charge in [0.2, 0.25) is 0 Å². The first-order valence-corrected chi connectivity index (χ1v) is 9.31. The second-order valence-corrected chi connectivity index (χ2v) is 7.71. The summed E-state index contributed by atoms with van der Waals surface area (Å²) in [5.74, 6) is 0. The molecule has 0 bridgehead atoms. The van der Waals surface area contributed by atoms with Crippen molar-refractivity contribution >= 4 is 23.0 Å². The van der Waals surface area contributed by atoms with Gasteiger partial charge in [-0.15, -0.1) is 0 Å². The molecule has 4 nitrogen and oxygen atoms in total. The number of urea groups is 1. The first kappa shape index (κ1) is 16.4. The summed E-state index contributed by atoms with van der Waals surface area (Å²) in [6, 6.07) is 8.06. The molecule has 23 heavy (non-hydrogen) atoms. The first-order valence-electron chi connectivity index (χ1n) is 8.43. The monoisotopic (exact) mass is 332 g/mol. The summed E-state index contributed by atoms with van der Waals surface area (Å²) in [5, 5.41) is 2.93. The Morgan fingerprint density at radius 3 is 2.70 bits per heavy atom. The molecule has 5 heteroatoms. The van der Waals surface area contributed by atoms with E-state index in [-0.39, 0.29) is 28.6 Å². The van der Waals surface area contributed by atoms with Crippen LogP contribution in [0.15, 0.2) is 24.3 Å². The number of hydrogen-bond donors (Lipinski definition) is 1. The molecule has 1 heterocycles. The molecule has 2 aliphatic rings. The van der Waals surface area contributed by atoms with Crippen LogP contribution in [0.4, 0.5) is 9.59 Å². The quantitative estimate of drug-likeness (QED) is 0.858. The van der Waals surface area contributed by atoms with Gasteiger partial charge in [0, 0.05) is 6.04 Å². The Morgan fingerprint density at radius 1 is 1.26 bits per heavy atom. The fourth-order valence-electron chi connectivity index (χ4n) is 3.52. The van der Waals surface area contributed by atoms with Gasteiger partial charge in [0.15, 0.2) is 0 Å². The lowest BCUT2D eigenvalue weighted by Crippen LogP contribution is -2.48. The van der Waals surface area contributed by atoms with Crippen LogP contribution >= 0.6 is 11.8 Å². The summed E-state index contributed by atoms with van der Waals surface area (Å²) >= 11 is 1.26. The van der Waals surface area contributed by atoms with Crippen LogP contribution in [-0.4, -0.2) is 28.3 Å². The van der Waals surface area contributed by atoms with Crippen LogP contribution in [0.1, 0.15) is 55.4 Å². The number of rotatable bonds is 2. The molecule has 124 valence electrons. The van der Waals surface area contributed by atoms with Crippen LogP contribution in [0.2, 0.25) is 0 Å². The molecular weight excluding hydrogens is 308 g/mol. The number of nitrogens with one attached hydrogen (secondary N) is 1. The Balaban J connectivity index is 1.70. The van der Waals surface area contributed by atoms with E-state index in [1.165, 1.54) is 28.6 Å². The predicted molar refractivity (Wildman–Crippen MR) is 93.6 cm³/mol. The van der Waals surface area contributed by atoms with Gasteiger partial charge in [-0.25, -0.2) is 4.79 Å². The molecule has 1 aliphatic carbocycles. The zero-order chi connectivity index (χ0) is 16.4. The molecule has 3 rings (SSSR count). The highest BCUT2D eigenvalue weighted by atomic mass is 32.2. The number of imide groups is 1. The number of benzene rings is 1. The normalized spacial score (nSPS) is 25.7. The van der Waals surface area contributed by atoms with E-state index in [1.54, 1.807) is 0 Å². The SMILES string of the molecule is Cc1cccc(C2SC(=O)N(C(=O)NC3CCCCC3)C2C)c1. The largest absolute Gasteiger partial charge is 0.335 e. The lowest BCUT2D eigenvalue weighted by atomic mass is 9.96. The third-order valence-electron chi connectivity index (χ3n) is 4.79. The molecule has 1 aromatic rings. The van der Waals surface area contributed by atoms with Crippen molar-refractivity contribution in [1.29, 1.82) is 0 Å². The number of hydrogen-bond acceptors (Lipinski definition) is 3. The summed E-state index contributed by atoms with van der Waals surface area (Å²) in [6.07, 6.45) is 5.62. The zero-order valence-corrected chi connectivity index (χ0v) is 14.6. The Labute approximate surface area is 142 Å². The van der Waals surface area contributed by atoms with Crippen LogP contribution < -0.4 is 5.32 Å². The van der Waals surface area contributed by atoms with Gasteiger partial charge in [0.25, 0.3) is 5.24 Å². The number of nitrogens with zero attached hydrogens (tertiary/aromatic N) is 1. The topological polar surface area (TPSA) is 49.4 Å². The Morgan fingerprint density at radius 2 is 2.00 bits per heavy atom. The van der Waals surface area contributed by atoms with Crippen molar-refractivity contribution in [3.05, 3.63) is 35.4 Å². The molecular formula is C18H24N2O2S. The maximum atomic E-state index is 12.6. The van der Waals surface area contributed by atoms with Crippen LogP contribution in [0, 0.1) is 6.92 Å². The standard InChI is InChI=1S/C18H24N2O2S/c1-12-7-6-8-14(11-12)16-13(2)20(18(22)23-16)17(21)19-15-9-4-3-5-10-15/h6-8,11,13,15-16H,3-5,9-10H2,1-2H3,(H,19,21). The van der Waals surface area contributed by atoms with Gasteiger partial charge < -0.3 is 5.32 Å². The molecule has 0 radical (unpaired) electrons. The average molecular weight is 332 g/mol. The fourth-order valence-corrected chi connectivity index (χ4v) is 4.70. The second-order valence-electron chi connectivity index (χ2n) is 6.61. The van der Waals surface area contributed by atoms with Crippen molar-refractivity contribution in [2.45, 2.75) is 63.3 Å². The number of carbonyl (C=O) groups is 2. The van der Waals surface area contributed by atoms with Crippen LogP contribution in [-0.2, 0) is 0 Å². The van der Waals surface area contributed by atoms with E-state index in [0.29, 0.717) is 0 Å². The third kappa shape index (κ3) is 3.55. The Bertz CT molecular complexity index is 598. The number of amides is 3. The molecule has 1 N–H and O–H groups in total. The van der Waals surface area contributed by atoms with E-state index in [9.17, 15) is 9.59 Å². The number of thioether (sulfide) groups is 1. The lowest BCUT2D eigenvalue weighted by molar-refractivity contribution is 0.184. The van der Waals surface area contributed by atoms with Crippen molar-refractivity contribution in [3.63, 3.8) is 0 Å². The van der Waals surface area contributed by atoms with Crippen molar-refractivity contribution in [2.24, 2.45) is 0 Å². The van der Waals surface area contributed by atoms with Crippen LogP contribution in [0.25, 0.3) is 0 Å². The molecule has 1 saturated heterocycles. The average Bonchev–Trinajstić information content (AvgIpc) is 2.83. The van der Waals surface area contributed by atoms with E-state index < -0.39 is 0 Å².